The third-order valence-corrected chi connectivity index (χ3v) is 3.58. The molecule has 0 fully saturated rings. The number of hydrogen-bond acceptors (Lipinski definition) is 4. The van der Waals surface area contributed by atoms with E-state index in [1.165, 1.54) is 7.11 Å². The summed E-state index contributed by atoms with van der Waals surface area (Å²) >= 11 is 0. The lowest BCUT2D eigenvalue weighted by molar-refractivity contribution is -0.130. The number of benzene rings is 2. The van der Waals surface area contributed by atoms with E-state index < -0.39 is 17.3 Å². The molecule has 1 aliphatic rings. The van der Waals surface area contributed by atoms with E-state index in [4.69, 9.17) is 4.74 Å². The summed E-state index contributed by atoms with van der Waals surface area (Å²) in [4.78, 5) is 25.0. The van der Waals surface area contributed by atoms with Crippen molar-refractivity contribution in [2.24, 2.45) is 0 Å². The molecular weight excluding hydrogens is 270 g/mol. The van der Waals surface area contributed by atoms with Gasteiger partial charge in [0.1, 0.15) is 5.75 Å². The molecule has 0 spiro atoms. The number of carbonyl (C=O) groups excluding carboxylic acids is 2. The van der Waals surface area contributed by atoms with E-state index in [2.05, 4.69) is 5.32 Å². The lowest BCUT2D eigenvalue weighted by Crippen LogP contribution is -2.50. The fourth-order valence-corrected chi connectivity index (χ4v) is 2.46. The van der Waals surface area contributed by atoms with Gasteiger partial charge in [-0.25, -0.2) is 0 Å². The molecule has 1 unspecified atom stereocenters. The van der Waals surface area contributed by atoms with Crippen LogP contribution in [-0.2, 0) is 10.4 Å². The minimum Gasteiger partial charge on any atom is -0.495 e. The Morgan fingerprint density at radius 3 is 2.43 bits per heavy atom. The summed E-state index contributed by atoms with van der Waals surface area (Å²) < 4.78 is 5.13. The van der Waals surface area contributed by atoms with Gasteiger partial charge in [-0.2, -0.15) is 0 Å². The zero-order valence-electron chi connectivity index (χ0n) is 11.3. The van der Waals surface area contributed by atoms with Gasteiger partial charge in [-0.1, -0.05) is 36.4 Å². The standard InChI is InChI=1S/C16H13NO4/c1-21-12-9-5-8-11-13(12)17-15(19)16(20,14(11)18)10-6-3-2-4-7-10/h2-9,20H,1H3,(H,17,19). The van der Waals surface area contributed by atoms with Gasteiger partial charge in [-0.15, -0.1) is 0 Å². The summed E-state index contributed by atoms with van der Waals surface area (Å²) in [7, 11) is 1.45. The Kier molecular flexibility index (Phi) is 2.99. The number of para-hydroxylation sites is 1. The van der Waals surface area contributed by atoms with Crippen molar-refractivity contribution in [2.75, 3.05) is 12.4 Å². The van der Waals surface area contributed by atoms with Gasteiger partial charge in [0.05, 0.1) is 12.8 Å². The lowest BCUT2D eigenvalue weighted by atomic mass is 9.82. The van der Waals surface area contributed by atoms with Crippen LogP contribution in [0.5, 0.6) is 5.75 Å². The first-order chi connectivity index (χ1) is 10.1. The SMILES string of the molecule is COc1cccc2c1NC(=O)C(O)(c1ccccc1)C2=O. The van der Waals surface area contributed by atoms with Crippen LogP contribution in [-0.4, -0.2) is 23.9 Å². The van der Waals surface area contributed by atoms with Gasteiger partial charge in [-0.05, 0) is 12.1 Å². The molecule has 0 aromatic heterocycles. The van der Waals surface area contributed by atoms with Crippen LogP contribution in [0.25, 0.3) is 0 Å². The van der Waals surface area contributed by atoms with Gasteiger partial charge in [0.15, 0.2) is 0 Å². The summed E-state index contributed by atoms with van der Waals surface area (Å²) in [6.45, 7) is 0. The molecule has 2 aromatic rings. The van der Waals surface area contributed by atoms with Crippen LogP contribution in [0.1, 0.15) is 15.9 Å². The minimum atomic E-state index is -2.22. The highest BCUT2D eigenvalue weighted by atomic mass is 16.5. The van der Waals surface area contributed by atoms with Crippen LogP contribution in [0.15, 0.2) is 48.5 Å². The molecule has 0 saturated carbocycles. The molecule has 1 atom stereocenters. The largest absolute Gasteiger partial charge is 0.495 e. The number of methoxy groups -OCH3 is 1. The first-order valence-electron chi connectivity index (χ1n) is 6.40. The number of nitrogens with one attached hydrogen (secondary N) is 1. The first-order valence-corrected chi connectivity index (χ1v) is 6.40. The Labute approximate surface area is 121 Å². The van der Waals surface area contributed by atoms with Crippen LogP contribution in [0.4, 0.5) is 5.69 Å². The smallest absolute Gasteiger partial charge is 0.269 e. The molecule has 1 heterocycles. The van der Waals surface area contributed by atoms with Crippen molar-refractivity contribution in [1.29, 1.82) is 0 Å². The first kappa shape index (κ1) is 13.3. The molecule has 3 rings (SSSR count). The third kappa shape index (κ3) is 1.82. The normalized spacial score (nSPS) is 20.7. The predicted octanol–water partition coefficient (Wildman–Crippen LogP) is 1.72. The van der Waals surface area contributed by atoms with Crippen LogP contribution >= 0.6 is 0 Å². The minimum absolute atomic E-state index is 0.223. The second-order valence-corrected chi connectivity index (χ2v) is 4.74. The van der Waals surface area contributed by atoms with Gasteiger partial charge >= 0.3 is 0 Å². The fourth-order valence-electron chi connectivity index (χ4n) is 2.46. The Balaban J connectivity index is 2.19. The van der Waals surface area contributed by atoms with Crippen molar-refractivity contribution in [3.05, 3.63) is 59.7 Å². The predicted molar refractivity (Wildman–Crippen MR) is 76.3 cm³/mol. The molecule has 2 N–H and O–H groups in total. The highest BCUT2D eigenvalue weighted by Gasteiger charge is 2.50. The highest BCUT2D eigenvalue weighted by Crippen LogP contribution is 2.39. The molecule has 106 valence electrons. The summed E-state index contributed by atoms with van der Waals surface area (Å²) in [6, 6.07) is 13.0. The van der Waals surface area contributed by atoms with Crippen molar-refractivity contribution >= 4 is 17.4 Å². The Bertz CT molecular complexity index is 726. The average Bonchev–Trinajstić information content (AvgIpc) is 2.53. The molecule has 5 nitrogen and oxygen atoms in total. The van der Waals surface area contributed by atoms with Crippen LogP contribution in [0, 0.1) is 0 Å². The van der Waals surface area contributed by atoms with Crippen molar-refractivity contribution in [3.8, 4) is 5.75 Å². The number of hydrogen-bond donors (Lipinski definition) is 2. The second kappa shape index (κ2) is 4.71. The van der Waals surface area contributed by atoms with Crippen molar-refractivity contribution in [3.63, 3.8) is 0 Å². The third-order valence-electron chi connectivity index (χ3n) is 3.58. The number of Topliss-reactive ketones (excluding diaryl/α,β-unsaturated/α-hetero) is 1. The fraction of sp³-hybridized carbons (Fsp3) is 0.125. The number of ether oxygens (including phenoxy) is 1. The number of rotatable bonds is 2. The van der Waals surface area contributed by atoms with Crippen molar-refractivity contribution < 1.29 is 19.4 Å². The monoisotopic (exact) mass is 283 g/mol. The summed E-state index contributed by atoms with van der Waals surface area (Å²) in [5.74, 6) is -1.06. The molecule has 0 saturated heterocycles. The van der Waals surface area contributed by atoms with E-state index in [9.17, 15) is 14.7 Å². The molecule has 1 aliphatic heterocycles. The maximum atomic E-state index is 12.7. The van der Waals surface area contributed by atoms with E-state index >= 15 is 0 Å². The molecule has 21 heavy (non-hydrogen) atoms. The topological polar surface area (TPSA) is 75.6 Å². The molecule has 5 heteroatoms. The maximum absolute atomic E-state index is 12.7. The van der Waals surface area contributed by atoms with Crippen LogP contribution in [0.3, 0.4) is 0 Å². The van der Waals surface area contributed by atoms with E-state index in [1.54, 1.807) is 48.5 Å². The van der Waals surface area contributed by atoms with Crippen LogP contribution < -0.4 is 10.1 Å². The summed E-state index contributed by atoms with van der Waals surface area (Å²) in [5, 5.41) is 13.3. The molecule has 0 radical (unpaired) electrons. The summed E-state index contributed by atoms with van der Waals surface area (Å²) in [6.07, 6.45) is 0. The van der Waals surface area contributed by atoms with Gasteiger partial charge < -0.3 is 15.2 Å². The van der Waals surface area contributed by atoms with Crippen molar-refractivity contribution in [1.82, 2.24) is 0 Å². The van der Waals surface area contributed by atoms with E-state index in [-0.39, 0.29) is 16.8 Å². The van der Waals surface area contributed by atoms with Gasteiger partial charge in [-0.3, -0.25) is 9.59 Å². The zero-order valence-corrected chi connectivity index (χ0v) is 11.3. The second-order valence-electron chi connectivity index (χ2n) is 4.74. The Morgan fingerprint density at radius 1 is 1.05 bits per heavy atom. The molecule has 0 bridgehead atoms. The van der Waals surface area contributed by atoms with E-state index in [1.807, 2.05) is 0 Å². The number of fused-ring (bicyclic) bond motifs is 1. The zero-order chi connectivity index (χ0) is 15.0. The number of aliphatic hydroxyl groups is 1. The number of amides is 1. The highest BCUT2D eigenvalue weighted by molar-refractivity contribution is 6.27. The van der Waals surface area contributed by atoms with Crippen molar-refractivity contribution in [2.45, 2.75) is 5.60 Å². The van der Waals surface area contributed by atoms with E-state index in [0.29, 0.717) is 5.75 Å². The van der Waals surface area contributed by atoms with Gasteiger partial charge in [0.25, 0.3) is 5.91 Å². The maximum Gasteiger partial charge on any atom is 0.269 e. The van der Waals surface area contributed by atoms with Gasteiger partial charge in [0, 0.05) is 11.1 Å². The number of carbonyl (C=O) groups is 2. The Hall–Kier alpha value is -2.66. The molecule has 0 aliphatic carbocycles. The summed E-state index contributed by atoms with van der Waals surface area (Å²) in [5.41, 5.74) is -1.47. The number of ketones is 1. The molecule has 2 aromatic carbocycles. The quantitative estimate of drug-likeness (QED) is 0.823. The molecular formula is C16H13NO4. The van der Waals surface area contributed by atoms with E-state index in [0.717, 1.165) is 0 Å². The van der Waals surface area contributed by atoms with Crippen LogP contribution in [0.2, 0.25) is 0 Å². The molecule has 1 amide bonds. The Morgan fingerprint density at radius 2 is 1.76 bits per heavy atom. The lowest BCUT2D eigenvalue weighted by Gasteiger charge is -2.31. The number of anilines is 1. The van der Waals surface area contributed by atoms with Gasteiger partial charge in [0.2, 0.25) is 11.4 Å². The average molecular weight is 283 g/mol.